The summed E-state index contributed by atoms with van der Waals surface area (Å²) in [6, 6.07) is 0.540. The highest BCUT2D eigenvalue weighted by molar-refractivity contribution is 6.31. The van der Waals surface area contributed by atoms with Crippen LogP contribution in [0.2, 0.25) is 5.02 Å². The number of hydrogen-bond acceptors (Lipinski definition) is 4. The predicted octanol–water partition coefficient (Wildman–Crippen LogP) is 1.79. The van der Waals surface area contributed by atoms with Gasteiger partial charge < -0.3 is 10.2 Å². The number of aromatic hydroxyl groups is 1. The average Bonchev–Trinajstić information content (AvgIpc) is 2.10. The number of nitro benzene ring substituents is 1. The van der Waals surface area contributed by atoms with Gasteiger partial charge in [-0.3, -0.25) is 10.1 Å². The van der Waals surface area contributed by atoms with Crippen LogP contribution < -0.4 is 0 Å². The summed E-state index contributed by atoms with van der Waals surface area (Å²) in [6.07, 6.45) is 0. The molecule has 0 spiro atoms. The van der Waals surface area contributed by atoms with Gasteiger partial charge in [-0.2, -0.15) is 0 Å². The second kappa shape index (κ2) is 3.70. The van der Waals surface area contributed by atoms with Crippen LogP contribution >= 0.6 is 11.6 Å². The largest absolute Gasteiger partial charge is 0.501 e. The molecule has 0 saturated heterocycles. The molecule has 0 aliphatic rings. The number of halogens is 2. The van der Waals surface area contributed by atoms with Crippen molar-refractivity contribution < 1.29 is 24.3 Å². The third-order valence-corrected chi connectivity index (χ3v) is 1.86. The molecule has 0 heterocycles. The van der Waals surface area contributed by atoms with Gasteiger partial charge in [0.25, 0.3) is 0 Å². The minimum absolute atomic E-state index is 0.540. The lowest BCUT2D eigenvalue weighted by molar-refractivity contribution is -0.385. The number of benzene rings is 1. The van der Waals surface area contributed by atoms with E-state index in [1.807, 2.05) is 0 Å². The minimum atomic E-state index is -1.84. The topological polar surface area (TPSA) is 101 Å². The van der Waals surface area contributed by atoms with E-state index in [-0.39, 0.29) is 0 Å². The summed E-state index contributed by atoms with van der Waals surface area (Å²) in [6.45, 7) is 0. The summed E-state index contributed by atoms with van der Waals surface area (Å²) >= 11 is 5.23. The molecular formula is C7H3ClFNO5. The van der Waals surface area contributed by atoms with E-state index in [9.17, 15) is 19.3 Å². The third-order valence-electron chi connectivity index (χ3n) is 1.58. The van der Waals surface area contributed by atoms with Crippen molar-refractivity contribution in [2.45, 2.75) is 0 Å². The zero-order valence-corrected chi connectivity index (χ0v) is 7.66. The third kappa shape index (κ3) is 1.82. The van der Waals surface area contributed by atoms with E-state index in [0.717, 1.165) is 0 Å². The van der Waals surface area contributed by atoms with Gasteiger partial charge in [0, 0.05) is 6.07 Å². The van der Waals surface area contributed by atoms with Crippen LogP contribution in [-0.4, -0.2) is 21.1 Å². The van der Waals surface area contributed by atoms with Crippen LogP contribution in [0.4, 0.5) is 10.1 Å². The molecule has 6 nitrogen and oxygen atoms in total. The smallest absolute Gasteiger partial charge is 0.342 e. The number of nitrogens with zero attached hydrogens (tertiary/aromatic N) is 1. The molecule has 0 bridgehead atoms. The summed E-state index contributed by atoms with van der Waals surface area (Å²) in [7, 11) is 0. The van der Waals surface area contributed by atoms with Crippen LogP contribution in [0, 0.1) is 15.9 Å². The lowest BCUT2D eigenvalue weighted by Crippen LogP contribution is -2.04. The second-order valence-electron chi connectivity index (χ2n) is 2.48. The molecule has 0 aromatic heterocycles. The molecule has 0 aliphatic carbocycles. The Morgan fingerprint density at radius 2 is 2.13 bits per heavy atom. The fraction of sp³-hybridized carbons (Fsp3) is 0. The van der Waals surface area contributed by atoms with Gasteiger partial charge in [-0.05, 0) is 0 Å². The summed E-state index contributed by atoms with van der Waals surface area (Å²) in [5.41, 5.74) is -2.17. The fourth-order valence-corrected chi connectivity index (χ4v) is 1.14. The number of rotatable bonds is 2. The van der Waals surface area contributed by atoms with Crippen molar-refractivity contribution in [3.8, 4) is 5.75 Å². The van der Waals surface area contributed by atoms with E-state index in [1.54, 1.807) is 0 Å². The highest BCUT2D eigenvalue weighted by atomic mass is 35.5. The van der Waals surface area contributed by atoms with Crippen LogP contribution in [0.15, 0.2) is 6.07 Å². The van der Waals surface area contributed by atoms with E-state index in [0.29, 0.717) is 6.07 Å². The van der Waals surface area contributed by atoms with E-state index >= 15 is 0 Å². The van der Waals surface area contributed by atoms with E-state index in [2.05, 4.69) is 0 Å². The van der Waals surface area contributed by atoms with Crippen molar-refractivity contribution in [1.82, 2.24) is 0 Å². The lowest BCUT2D eigenvalue weighted by atomic mass is 10.1. The van der Waals surface area contributed by atoms with E-state index in [1.165, 1.54) is 0 Å². The van der Waals surface area contributed by atoms with Crippen molar-refractivity contribution in [3.05, 3.63) is 32.6 Å². The first-order valence-electron chi connectivity index (χ1n) is 3.45. The molecular weight excluding hydrogens is 233 g/mol. The SMILES string of the molecule is O=C(O)c1c(O)c([N+](=O)[O-])cc(Cl)c1F. The standard InChI is InChI=1S/C7H3ClFNO5/c8-2-1-3(10(14)15)6(11)4(5(2)9)7(12)13/h1,11H,(H,12,13). The predicted molar refractivity (Wildman–Crippen MR) is 46.7 cm³/mol. The van der Waals surface area contributed by atoms with Crippen LogP contribution in [0.5, 0.6) is 5.75 Å². The van der Waals surface area contributed by atoms with Gasteiger partial charge >= 0.3 is 11.7 Å². The first-order chi connectivity index (χ1) is 6.86. The molecule has 0 amide bonds. The maximum absolute atomic E-state index is 13.1. The maximum Gasteiger partial charge on any atom is 0.342 e. The molecule has 1 rings (SSSR count). The number of carbonyl (C=O) groups is 1. The van der Waals surface area contributed by atoms with Crippen LogP contribution in [0.3, 0.4) is 0 Å². The number of phenols is 1. The summed E-state index contributed by atoms with van der Waals surface area (Å²) in [4.78, 5) is 19.8. The highest BCUT2D eigenvalue weighted by Gasteiger charge is 2.28. The number of hydrogen-bond donors (Lipinski definition) is 2. The second-order valence-corrected chi connectivity index (χ2v) is 2.88. The van der Waals surface area contributed by atoms with Gasteiger partial charge in [-0.1, -0.05) is 11.6 Å². The number of aromatic carboxylic acids is 1. The van der Waals surface area contributed by atoms with Gasteiger partial charge in [0.1, 0.15) is 5.56 Å². The zero-order chi connectivity index (χ0) is 11.7. The van der Waals surface area contributed by atoms with Gasteiger partial charge in [0.2, 0.25) is 5.75 Å². The van der Waals surface area contributed by atoms with Crippen molar-refractivity contribution in [2.24, 2.45) is 0 Å². The molecule has 0 saturated carbocycles. The van der Waals surface area contributed by atoms with Crippen molar-refractivity contribution >= 4 is 23.3 Å². The molecule has 0 radical (unpaired) electrons. The zero-order valence-electron chi connectivity index (χ0n) is 6.90. The highest BCUT2D eigenvalue weighted by Crippen LogP contribution is 2.35. The molecule has 80 valence electrons. The number of carboxylic acids is 1. The molecule has 1 aromatic rings. The first-order valence-corrected chi connectivity index (χ1v) is 3.82. The van der Waals surface area contributed by atoms with E-state index < -0.39 is 38.7 Å². The summed E-state index contributed by atoms with van der Waals surface area (Å²) in [5.74, 6) is -4.50. The normalized spacial score (nSPS) is 10.0. The van der Waals surface area contributed by atoms with Crippen molar-refractivity contribution in [3.63, 3.8) is 0 Å². The van der Waals surface area contributed by atoms with Crippen LogP contribution in [0.1, 0.15) is 10.4 Å². The van der Waals surface area contributed by atoms with Crippen molar-refractivity contribution in [1.29, 1.82) is 0 Å². The average molecular weight is 236 g/mol. The minimum Gasteiger partial charge on any atom is -0.501 e. The Morgan fingerprint density at radius 3 is 2.53 bits per heavy atom. The fourth-order valence-electron chi connectivity index (χ4n) is 0.938. The van der Waals surface area contributed by atoms with Gasteiger partial charge in [-0.15, -0.1) is 0 Å². The molecule has 0 atom stereocenters. The number of carboxylic acid groups (broad SMARTS) is 1. The quantitative estimate of drug-likeness (QED) is 0.601. The Balaban J connectivity index is 3.63. The summed E-state index contributed by atoms with van der Waals surface area (Å²) in [5, 5.41) is 27.2. The molecule has 15 heavy (non-hydrogen) atoms. The maximum atomic E-state index is 13.1. The molecule has 2 N–H and O–H groups in total. The summed E-state index contributed by atoms with van der Waals surface area (Å²) < 4.78 is 13.1. The first kappa shape index (κ1) is 11.2. The molecule has 0 aliphatic heterocycles. The monoisotopic (exact) mass is 235 g/mol. The molecule has 0 fully saturated rings. The Bertz CT molecular complexity index is 461. The number of nitro groups is 1. The van der Waals surface area contributed by atoms with Gasteiger partial charge in [-0.25, -0.2) is 9.18 Å². The Hall–Kier alpha value is -1.89. The Morgan fingerprint density at radius 1 is 1.60 bits per heavy atom. The van der Waals surface area contributed by atoms with Crippen LogP contribution in [0.25, 0.3) is 0 Å². The Kier molecular flexibility index (Phi) is 2.76. The van der Waals surface area contributed by atoms with E-state index in [4.69, 9.17) is 21.8 Å². The molecule has 1 aromatic carbocycles. The van der Waals surface area contributed by atoms with Gasteiger partial charge in [0.05, 0.1) is 9.95 Å². The molecule has 8 heteroatoms. The van der Waals surface area contributed by atoms with Crippen LogP contribution in [-0.2, 0) is 0 Å². The van der Waals surface area contributed by atoms with Gasteiger partial charge in [0.15, 0.2) is 5.82 Å². The Labute approximate surface area is 86.7 Å². The lowest BCUT2D eigenvalue weighted by Gasteiger charge is -2.03. The van der Waals surface area contributed by atoms with Crippen molar-refractivity contribution in [2.75, 3.05) is 0 Å². The molecule has 0 unspecified atom stereocenters.